The molecule has 1 aliphatic carbocycles. The summed E-state index contributed by atoms with van der Waals surface area (Å²) in [6, 6.07) is 4.60. The molecule has 2 aliphatic rings. The maximum Gasteiger partial charge on any atom is 0.261 e. The van der Waals surface area contributed by atoms with Gasteiger partial charge in [-0.2, -0.15) is 0 Å². The number of carbonyl (C=O) groups is 2. The third-order valence-corrected chi connectivity index (χ3v) is 6.28. The second kappa shape index (κ2) is 7.03. The van der Waals surface area contributed by atoms with Crippen molar-refractivity contribution in [3.63, 3.8) is 0 Å². The van der Waals surface area contributed by atoms with Crippen LogP contribution < -0.4 is 9.47 Å². The molecule has 8 heteroatoms. The van der Waals surface area contributed by atoms with Gasteiger partial charge in [-0.05, 0) is 37.5 Å². The number of aldehydes is 1. The summed E-state index contributed by atoms with van der Waals surface area (Å²) in [5.74, 6) is 0.743. The molecule has 25 heavy (non-hydrogen) atoms. The Kier molecular flexibility index (Phi) is 4.99. The lowest BCUT2D eigenvalue weighted by atomic mass is 10.2. The van der Waals surface area contributed by atoms with Crippen LogP contribution in [0.2, 0.25) is 0 Å². The van der Waals surface area contributed by atoms with E-state index in [2.05, 4.69) is 0 Å². The van der Waals surface area contributed by atoms with Crippen molar-refractivity contribution in [1.82, 2.24) is 4.90 Å². The number of ether oxygens (including phenoxy) is 2. The van der Waals surface area contributed by atoms with E-state index >= 15 is 0 Å². The maximum absolute atomic E-state index is 12.6. The van der Waals surface area contributed by atoms with Gasteiger partial charge < -0.3 is 14.4 Å². The van der Waals surface area contributed by atoms with E-state index in [0.717, 1.165) is 12.8 Å². The maximum atomic E-state index is 12.6. The number of hydrogen-bond donors (Lipinski definition) is 0. The predicted molar refractivity (Wildman–Crippen MR) is 90.8 cm³/mol. The molecule has 0 N–H and O–H groups in total. The lowest BCUT2D eigenvalue weighted by molar-refractivity contribution is -0.135. The first kappa shape index (κ1) is 17.7. The SMILES string of the molecule is COc1ccc(OCC(=O)N(C2CC2)[C@@H]2CCS(=O)(=O)C2)c(C=O)c1. The molecule has 0 spiro atoms. The van der Waals surface area contributed by atoms with E-state index in [1.165, 1.54) is 13.2 Å². The molecule has 0 unspecified atom stereocenters. The summed E-state index contributed by atoms with van der Waals surface area (Å²) in [5.41, 5.74) is 0.300. The molecule has 136 valence electrons. The largest absolute Gasteiger partial charge is 0.497 e. The highest BCUT2D eigenvalue weighted by atomic mass is 32.2. The van der Waals surface area contributed by atoms with Crippen LogP contribution >= 0.6 is 0 Å². The van der Waals surface area contributed by atoms with Crippen molar-refractivity contribution in [3.05, 3.63) is 23.8 Å². The van der Waals surface area contributed by atoms with Gasteiger partial charge in [0, 0.05) is 12.1 Å². The molecule has 1 amide bonds. The van der Waals surface area contributed by atoms with Gasteiger partial charge in [-0.3, -0.25) is 9.59 Å². The van der Waals surface area contributed by atoms with Crippen LogP contribution in [0.15, 0.2) is 18.2 Å². The fraction of sp³-hybridized carbons (Fsp3) is 0.529. The molecule has 1 saturated heterocycles. The standard InChI is InChI=1S/C17H21NO6S/c1-23-15-4-5-16(12(8-15)9-19)24-10-17(20)18(13-2-3-13)14-6-7-25(21,22)11-14/h4-5,8-9,13-14H,2-3,6-7,10-11H2,1H3/t14-/m1/s1. The van der Waals surface area contributed by atoms with Crippen molar-refractivity contribution in [2.24, 2.45) is 0 Å². The van der Waals surface area contributed by atoms with Gasteiger partial charge in [0.25, 0.3) is 5.91 Å². The van der Waals surface area contributed by atoms with Crippen LogP contribution in [0.1, 0.15) is 29.6 Å². The van der Waals surface area contributed by atoms with E-state index in [9.17, 15) is 18.0 Å². The first-order valence-corrected chi connectivity index (χ1v) is 10.0. The van der Waals surface area contributed by atoms with Crippen molar-refractivity contribution >= 4 is 22.0 Å². The van der Waals surface area contributed by atoms with Gasteiger partial charge in [-0.15, -0.1) is 0 Å². The Labute approximate surface area is 146 Å². The van der Waals surface area contributed by atoms with Gasteiger partial charge in [0.1, 0.15) is 11.5 Å². The predicted octanol–water partition coefficient (Wildman–Crippen LogP) is 1.06. The molecular weight excluding hydrogens is 346 g/mol. The first-order chi connectivity index (χ1) is 11.9. The number of hydrogen-bond acceptors (Lipinski definition) is 6. The number of amides is 1. The molecule has 1 aliphatic heterocycles. The lowest BCUT2D eigenvalue weighted by Crippen LogP contribution is -2.45. The molecule has 3 rings (SSSR count). The van der Waals surface area contributed by atoms with Gasteiger partial charge in [0.05, 0.1) is 24.2 Å². The van der Waals surface area contributed by atoms with E-state index in [-0.39, 0.29) is 36.1 Å². The minimum Gasteiger partial charge on any atom is -0.497 e. The molecule has 2 fully saturated rings. The van der Waals surface area contributed by atoms with Crippen molar-refractivity contribution in [2.75, 3.05) is 25.2 Å². The zero-order chi connectivity index (χ0) is 18.0. The van der Waals surface area contributed by atoms with E-state index in [1.807, 2.05) is 0 Å². The fourth-order valence-corrected chi connectivity index (χ4v) is 4.86. The summed E-state index contributed by atoms with van der Waals surface area (Å²) in [7, 11) is -1.56. The molecule has 1 atom stereocenters. The molecule has 0 bridgehead atoms. The van der Waals surface area contributed by atoms with Crippen LogP contribution in [0.4, 0.5) is 0 Å². The summed E-state index contributed by atoms with van der Waals surface area (Å²) in [5, 5.41) is 0. The molecular formula is C17H21NO6S. The number of methoxy groups -OCH3 is 1. The smallest absolute Gasteiger partial charge is 0.261 e. The Bertz CT molecular complexity index is 771. The quantitative estimate of drug-likeness (QED) is 0.670. The first-order valence-electron chi connectivity index (χ1n) is 8.21. The molecule has 1 aromatic carbocycles. The van der Waals surface area contributed by atoms with Crippen molar-refractivity contribution in [1.29, 1.82) is 0 Å². The highest BCUT2D eigenvalue weighted by Crippen LogP contribution is 2.32. The van der Waals surface area contributed by atoms with E-state index in [4.69, 9.17) is 9.47 Å². The monoisotopic (exact) mass is 367 g/mol. The Hall–Kier alpha value is -2.09. The Balaban J connectivity index is 1.67. The van der Waals surface area contributed by atoms with E-state index < -0.39 is 9.84 Å². The number of carbonyl (C=O) groups excluding carboxylic acids is 2. The van der Waals surface area contributed by atoms with Gasteiger partial charge in [-0.25, -0.2) is 8.42 Å². The minimum absolute atomic E-state index is 0.0252. The third-order valence-electron chi connectivity index (χ3n) is 4.53. The zero-order valence-corrected chi connectivity index (χ0v) is 14.8. The molecule has 0 radical (unpaired) electrons. The summed E-state index contributed by atoms with van der Waals surface area (Å²) >= 11 is 0. The minimum atomic E-state index is -3.06. The topological polar surface area (TPSA) is 90.0 Å². The molecule has 0 aromatic heterocycles. The Morgan fingerprint density at radius 3 is 2.60 bits per heavy atom. The molecule has 1 aromatic rings. The van der Waals surface area contributed by atoms with Gasteiger partial charge in [0.15, 0.2) is 22.7 Å². The molecule has 1 heterocycles. The second-order valence-corrected chi connectivity index (χ2v) is 8.63. The van der Waals surface area contributed by atoms with Crippen LogP contribution in [-0.2, 0) is 14.6 Å². The molecule has 7 nitrogen and oxygen atoms in total. The van der Waals surface area contributed by atoms with Crippen LogP contribution in [-0.4, -0.2) is 62.8 Å². The third kappa shape index (κ3) is 4.12. The van der Waals surface area contributed by atoms with E-state index in [1.54, 1.807) is 17.0 Å². The van der Waals surface area contributed by atoms with E-state index in [0.29, 0.717) is 29.8 Å². The van der Waals surface area contributed by atoms with Crippen molar-refractivity contribution in [2.45, 2.75) is 31.3 Å². The summed E-state index contributed by atoms with van der Waals surface area (Å²) in [6.45, 7) is -0.222. The van der Waals surface area contributed by atoms with Crippen LogP contribution in [0.3, 0.4) is 0 Å². The van der Waals surface area contributed by atoms with Gasteiger partial charge in [0.2, 0.25) is 0 Å². The number of sulfone groups is 1. The number of nitrogens with zero attached hydrogens (tertiary/aromatic N) is 1. The second-order valence-electron chi connectivity index (χ2n) is 6.40. The Morgan fingerprint density at radius 2 is 2.04 bits per heavy atom. The average molecular weight is 367 g/mol. The van der Waals surface area contributed by atoms with Crippen LogP contribution in [0.5, 0.6) is 11.5 Å². The van der Waals surface area contributed by atoms with Crippen molar-refractivity contribution < 1.29 is 27.5 Å². The number of benzene rings is 1. The zero-order valence-electron chi connectivity index (χ0n) is 14.0. The lowest BCUT2D eigenvalue weighted by Gasteiger charge is -2.28. The van der Waals surface area contributed by atoms with Crippen LogP contribution in [0, 0.1) is 0 Å². The highest BCUT2D eigenvalue weighted by molar-refractivity contribution is 7.91. The van der Waals surface area contributed by atoms with Gasteiger partial charge >= 0.3 is 0 Å². The summed E-state index contributed by atoms with van der Waals surface area (Å²) in [6.07, 6.45) is 2.91. The summed E-state index contributed by atoms with van der Waals surface area (Å²) < 4.78 is 34.0. The normalized spacial score (nSPS) is 21.6. The average Bonchev–Trinajstić information content (AvgIpc) is 3.36. The van der Waals surface area contributed by atoms with Gasteiger partial charge in [-0.1, -0.05) is 0 Å². The molecule has 1 saturated carbocycles. The van der Waals surface area contributed by atoms with Crippen molar-refractivity contribution in [3.8, 4) is 11.5 Å². The highest BCUT2D eigenvalue weighted by Gasteiger charge is 2.42. The Morgan fingerprint density at radius 1 is 1.28 bits per heavy atom. The fourth-order valence-electron chi connectivity index (χ4n) is 3.14. The summed E-state index contributed by atoms with van der Waals surface area (Å²) in [4.78, 5) is 25.5. The van der Waals surface area contributed by atoms with Crippen LogP contribution in [0.25, 0.3) is 0 Å². The number of rotatable bonds is 7.